The highest BCUT2D eigenvalue weighted by atomic mass is 16.5. The number of benzene rings is 1. The highest BCUT2D eigenvalue weighted by Gasteiger charge is 2.31. The predicted octanol–water partition coefficient (Wildman–Crippen LogP) is 1.08. The maximum Gasteiger partial charge on any atom is 0.325 e. The number of anilines is 1. The van der Waals surface area contributed by atoms with Gasteiger partial charge in [0.1, 0.15) is 6.54 Å². The standard InChI is InChI=1S/C15H21N3O4/c1-4-16-14(19)10-17-7-8-18(15(17)20)11-5-6-12(21-2)13(9-11)22-3/h5-6,9H,4,7-8,10H2,1-3H3,(H,16,19). The van der Waals surface area contributed by atoms with Crippen LogP contribution in [0.15, 0.2) is 18.2 Å². The first-order valence-corrected chi connectivity index (χ1v) is 7.15. The molecule has 1 heterocycles. The molecule has 1 aliphatic rings. The van der Waals surface area contributed by atoms with Gasteiger partial charge < -0.3 is 19.7 Å². The quantitative estimate of drug-likeness (QED) is 0.854. The Balaban J connectivity index is 2.11. The largest absolute Gasteiger partial charge is 0.493 e. The highest BCUT2D eigenvalue weighted by Crippen LogP contribution is 2.32. The van der Waals surface area contributed by atoms with Gasteiger partial charge in [0.25, 0.3) is 0 Å². The predicted molar refractivity (Wildman–Crippen MR) is 82.5 cm³/mol. The van der Waals surface area contributed by atoms with Crippen molar-refractivity contribution in [3.63, 3.8) is 0 Å². The molecule has 7 heteroatoms. The highest BCUT2D eigenvalue weighted by molar-refractivity contribution is 5.96. The first-order chi connectivity index (χ1) is 10.6. The second-order valence-corrected chi connectivity index (χ2v) is 4.85. The van der Waals surface area contributed by atoms with Gasteiger partial charge in [-0.1, -0.05) is 0 Å². The minimum absolute atomic E-state index is 0.0798. The molecule has 0 aromatic heterocycles. The molecule has 2 rings (SSSR count). The summed E-state index contributed by atoms with van der Waals surface area (Å²) in [7, 11) is 3.11. The first kappa shape index (κ1) is 15.9. The molecule has 1 aromatic carbocycles. The van der Waals surface area contributed by atoms with Crippen LogP contribution < -0.4 is 19.7 Å². The van der Waals surface area contributed by atoms with Crippen molar-refractivity contribution in [2.24, 2.45) is 0 Å². The molecule has 3 amide bonds. The number of hydrogen-bond donors (Lipinski definition) is 1. The first-order valence-electron chi connectivity index (χ1n) is 7.15. The number of ether oxygens (including phenoxy) is 2. The number of carbonyl (C=O) groups is 2. The Morgan fingerprint density at radius 1 is 1.23 bits per heavy atom. The van der Waals surface area contributed by atoms with E-state index in [9.17, 15) is 9.59 Å². The van der Waals surface area contributed by atoms with E-state index in [-0.39, 0.29) is 18.5 Å². The lowest BCUT2D eigenvalue weighted by atomic mass is 10.2. The van der Waals surface area contributed by atoms with E-state index < -0.39 is 0 Å². The Morgan fingerprint density at radius 3 is 2.59 bits per heavy atom. The summed E-state index contributed by atoms with van der Waals surface area (Å²) in [6.07, 6.45) is 0. The zero-order valence-corrected chi connectivity index (χ0v) is 13.1. The summed E-state index contributed by atoms with van der Waals surface area (Å²) >= 11 is 0. The van der Waals surface area contributed by atoms with Crippen molar-refractivity contribution in [1.82, 2.24) is 10.2 Å². The van der Waals surface area contributed by atoms with E-state index in [1.54, 1.807) is 37.3 Å². The Bertz CT molecular complexity index is 562. The van der Waals surface area contributed by atoms with Gasteiger partial charge in [0.05, 0.1) is 14.2 Å². The number of nitrogens with one attached hydrogen (secondary N) is 1. The lowest BCUT2D eigenvalue weighted by Gasteiger charge is -2.19. The summed E-state index contributed by atoms with van der Waals surface area (Å²) in [6, 6.07) is 5.13. The SMILES string of the molecule is CCNC(=O)CN1CCN(c2ccc(OC)c(OC)c2)C1=O. The van der Waals surface area contributed by atoms with Crippen LogP contribution in [-0.4, -0.2) is 57.2 Å². The van der Waals surface area contributed by atoms with E-state index in [0.717, 1.165) is 5.69 Å². The minimum atomic E-state index is -0.182. The third-order valence-corrected chi connectivity index (χ3v) is 3.48. The monoisotopic (exact) mass is 307 g/mol. The summed E-state index contributed by atoms with van der Waals surface area (Å²) < 4.78 is 10.4. The average molecular weight is 307 g/mol. The van der Waals surface area contributed by atoms with Crippen LogP contribution in [0.5, 0.6) is 11.5 Å². The van der Waals surface area contributed by atoms with Gasteiger partial charge in [0.2, 0.25) is 5.91 Å². The van der Waals surface area contributed by atoms with Crippen LogP contribution in [0.2, 0.25) is 0 Å². The molecule has 0 saturated carbocycles. The number of urea groups is 1. The Labute approximate surface area is 129 Å². The second kappa shape index (κ2) is 7.02. The lowest BCUT2D eigenvalue weighted by Crippen LogP contribution is -2.39. The fourth-order valence-corrected chi connectivity index (χ4v) is 2.39. The molecule has 0 spiro atoms. The third kappa shape index (κ3) is 3.24. The smallest absolute Gasteiger partial charge is 0.325 e. The number of carbonyl (C=O) groups excluding carboxylic acids is 2. The molecular formula is C15H21N3O4. The number of nitrogens with zero attached hydrogens (tertiary/aromatic N) is 2. The zero-order valence-electron chi connectivity index (χ0n) is 13.1. The maximum atomic E-state index is 12.4. The molecular weight excluding hydrogens is 286 g/mol. The molecule has 1 saturated heterocycles. The van der Waals surface area contributed by atoms with Crippen molar-refractivity contribution < 1.29 is 19.1 Å². The molecule has 1 fully saturated rings. The summed E-state index contributed by atoms with van der Waals surface area (Å²) in [5.74, 6) is 1.03. The molecule has 0 radical (unpaired) electrons. The fraction of sp³-hybridized carbons (Fsp3) is 0.467. The fourth-order valence-electron chi connectivity index (χ4n) is 2.39. The Kier molecular flexibility index (Phi) is 5.08. The van der Waals surface area contributed by atoms with E-state index in [1.165, 1.54) is 4.90 Å². The van der Waals surface area contributed by atoms with E-state index >= 15 is 0 Å². The van der Waals surface area contributed by atoms with Crippen LogP contribution in [0, 0.1) is 0 Å². The van der Waals surface area contributed by atoms with E-state index in [0.29, 0.717) is 31.1 Å². The number of rotatable bonds is 6. The number of likely N-dealkylation sites (N-methyl/N-ethyl adjacent to an activating group) is 1. The molecule has 0 atom stereocenters. The molecule has 1 aromatic rings. The summed E-state index contributed by atoms with van der Waals surface area (Å²) in [6.45, 7) is 3.54. The van der Waals surface area contributed by atoms with Crippen LogP contribution in [0.3, 0.4) is 0 Å². The van der Waals surface area contributed by atoms with Crippen LogP contribution in [0.4, 0.5) is 10.5 Å². The van der Waals surface area contributed by atoms with Crippen molar-refractivity contribution in [2.75, 3.05) is 45.3 Å². The molecule has 120 valence electrons. The zero-order chi connectivity index (χ0) is 16.1. The summed E-state index contributed by atoms with van der Waals surface area (Å²) in [4.78, 5) is 27.2. The van der Waals surface area contributed by atoms with Gasteiger partial charge in [-0.2, -0.15) is 0 Å². The summed E-state index contributed by atoms with van der Waals surface area (Å²) in [5.41, 5.74) is 0.723. The van der Waals surface area contributed by atoms with Crippen molar-refractivity contribution >= 4 is 17.6 Å². The van der Waals surface area contributed by atoms with Gasteiger partial charge in [-0.15, -0.1) is 0 Å². The van der Waals surface area contributed by atoms with Crippen LogP contribution in [0.1, 0.15) is 6.92 Å². The number of hydrogen-bond acceptors (Lipinski definition) is 4. The van der Waals surface area contributed by atoms with Crippen LogP contribution in [-0.2, 0) is 4.79 Å². The van der Waals surface area contributed by atoms with Crippen molar-refractivity contribution in [3.8, 4) is 11.5 Å². The minimum Gasteiger partial charge on any atom is -0.493 e. The van der Waals surface area contributed by atoms with Crippen LogP contribution >= 0.6 is 0 Å². The molecule has 0 bridgehead atoms. The topological polar surface area (TPSA) is 71.1 Å². The Hall–Kier alpha value is -2.44. The number of methoxy groups -OCH3 is 2. The molecule has 1 aliphatic heterocycles. The summed E-state index contributed by atoms with van der Waals surface area (Å²) in [5, 5.41) is 2.69. The van der Waals surface area contributed by atoms with Gasteiger partial charge in [0, 0.05) is 31.4 Å². The molecule has 22 heavy (non-hydrogen) atoms. The molecule has 0 aliphatic carbocycles. The second-order valence-electron chi connectivity index (χ2n) is 4.85. The van der Waals surface area contributed by atoms with Crippen molar-refractivity contribution in [3.05, 3.63) is 18.2 Å². The van der Waals surface area contributed by atoms with E-state index in [4.69, 9.17) is 9.47 Å². The maximum absolute atomic E-state index is 12.4. The van der Waals surface area contributed by atoms with Crippen molar-refractivity contribution in [1.29, 1.82) is 0 Å². The third-order valence-electron chi connectivity index (χ3n) is 3.48. The van der Waals surface area contributed by atoms with Crippen molar-refractivity contribution in [2.45, 2.75) is 6.92 Å². The molecule has 0 unspecified atom stereocenters. The van der Waals surface area contributed by atoms with E-state index in [2.05, 4.69) is 5.32 Å². The Morgan fingerprint density at radius 2 is 1.95 bits per heavy atom. The molecule has 7 nitrogen and oxygen atoms in total. The van der Waals surface area contributed by atoms with Gasteiger partial charge in [-0.05, 0) is 19.1 Å². The molecule has 1 N–H and O–H groups in total. The van der Waals surface area contributed by atoms with Gasteiger partial charge in [-0.3, -0.25) is 9.69 Å². The van der Waals surface area contributed by atoms with E-state index in [1.807, 2.05) is 6.92 Å². The van der Waals surface area contributed by atoms with Gasteiger partial charge in [0.15, 0.2) is 11.5 Å². The average Bonchev–Trinajstić information content (AvgIpc) is 2.88. The van der Waals surface area contributed by atoms with Gasteiger partial charge in [-0.25, -0.2) is 4.79 Å². The van der Waals surface area contributed by atoms with Crippen LogP contribution in [0.25, 0.3) is 0 Å². The lowest BCUT2D eigenvalue weighted by molar-refractivity contribution is -0.121. The normalized spacial score (nSPS) is 14.2. The number of amides is 3. The van der Waals surface area contributed by atoms with Gasteiger partial charge >= 0.3 is 6.03 Å².